The van der Waals surface area contributed by atoms with Gasteiger partial charge in [0.1, 0.15) is 0 Å². The molecule has 3 nitrogen and oxygen atoms in total. The van der Waals surface area contributed by atoms with Crippen molar-refractivity contribution in [3.05, 3.63) is 23.8 Å². The number of methoxy groups -OCH3 is 1. The van der Waals surface area contributed by atoms with E-state index >= 15 is 0 Å². The van der Waals surface area contributed by atoms with Gasteiger partial charge in [-0.05, 0) is 18.6 Å². The molecule has 1 rings (SSSR count). The molecule has 0 aliphatic heterocycles. The minimum atomic E-state index is -0.605. The van der Waals surface area contributed by atoms with Gasteiger partial charge >= 0.3 is 0 Å². The zero-order chi connectivity index (χ0) is 8.97. The normalized spacial score (nSPS) is 9.92. The highest BCUT2D eigenvalue weighted by Gasteiger charge is 2.06. The molecule has 0 spiro atoms. The van der Waals surface area contributed by atoms with E-state index in [0.29, 0.717) is 5.56 Å². The predicted molar refractivity (Wildman–Crippen MR) is 41.4 cm³/mol. The van der Waals surface area contributed by atoms with Crippen LogP contribution in [0.3, 0.4) is 0 Å². The van der Waals surface area contributed by atoms with Gasteiger partial charge in [0.05, 0.1) is 0 Å². The van der Waals surface area contributed by atoms with Crippen molar-refractivity contribution in [1.29, 1.82) is 0 Å². The zero-order valence-corrected chi connectivity index (χ0v) is 7.00. The van der Waals surface area contributed by atoms with E-state index in [1.807, 2.05) is 0 Å². The Morgan fingerprint density at radius 3 is 2.92 bits per heavy atom. The van der Waals surface area contributed by atoms with Crippen LogP contribution in [0.1, 0.15) is 5.56 Å². The number of ether oxygens (including phenoxy) is 2. The number of hydrogen-bond donors (Lipinski definition) is 0. The Balaban J connectivity index is 2.81. The summed E-state index contributed by atoms with van der Waals surface area (Å²) in [4.78, 5) is 3.45. The molecule has 0 unspecified atom stereocenters. The van der Waals surface area contributed by atoms with Crippen LogP contribution in [0.5, 0.6) is 5.75 Å². The first kappa shape index (κ1) is 8.93. The molecule has 0 N–H and O–H groups in total. The summed E-state index contributed by atoms with van der Waals surface area (Å²) in [6.07, 6.45) is 1.39. The maximum atomic E-state index is 12.9. The van der Waals surface area contributed by atoms with Gasteiger partial charge in [0, 0.05) is 13.3 Å². The van der Waals surface area contributed by atoms with Gasteiger partial charge in [0.15, 0.2) is 12.5 Å². The van der Waals surface area contributed by atoms with Gasteiger partial charge in [-0.2, -0.15) is 4.39 Å². The lowest BCUT2D eigenvalue weighted by atomic mass is 10.3. The Hall–Kier alpha value is -1.16. The fraction of sp³-hybridized carbons (Fsp3) is 0.375. The van der Waals surface area contributed by atoms with Crippen LogP contribution in [0.4, 0.5) is 4.39 Å². The van der Waals surface area contributed by atoms with Crippen molar-refractivity contribution in [2.75, 3.05) is 13.9 Å². The largest absolute Gasteiger partial charge is 0.462 e. The second kappa shape index (κ2) is 4.01. The maximum Gasteiger partial charge on any atom is 0.255 e. The van der Waals surface area contributed by atoms with E-state index in [1.165, 1.54) is 13.3 Å². The predicted octanol–water partition coefficient (Wildman–Crippen LogP) is 1.51. The number of aryl methyl sites for hydroxylation is 1. The van der Waals surface area contributed by atoms with E-state index in [4.69, 9.17) is 4.74 Å². The zero-order valence-electron chi connectivity index (χ0n) is 7.00. The van der Waals surface area contributed by atoms with Gasteiger partial charge in [-0.25, -0.2) is 4.98 Å². The van der Waals surface area contributed by atoms with Crippen molar-refractivity contribution in [3.8, 4) is 5.75 Å². The van der Waals surface area contributed by atoms with E-state index in [-0.39, 0.29) is 12.5 Å². The molecule has 4 heteroatoms. The van der Waals surface area contributed by atoms with Crippen LogP contribution in [0.2, 0.25) is 0 Å². The topological polar surface area (TPSA) is 31.4 Å². The fourth-order valence-corrected chi connectivity index (χ4v) is 0.803. The summed E-state index contributed by atoms with van der Waals surface area (Å²) >= 11 is 0. The Kier molecular flexibility index (Phi) is 2.99. The maximum absolute atomic E-state index is 12.9. The molecule has 1 aromatic rings. The molecule has 0 fully saturated rings. The van der Waals surface area contributed by atoms with Crippen molar-refractivity contribution >= 4 is 0 Å². The van der Waals surface area contributed by atoms with Gasteiger partial charge in [0.2, 0.25) is 0 Å². The van der Waals surface area contributed by atoms with Gasteiger partial charge in [-0.1, -0.05) is 0 Å². The summed E-state index contributed by atoms with van der Waals surface area (Å²) < 4.78 is 22.5. The van der Waals surface area contributed by atoms with Gasteiger partial charge < -0.3 is 9.47 Å². The van der Waals surface area contributed by atoms with Crippen LogP contribution >= 0.6 is 0 Å². The molecular formula is C8H10FNO2. The van der Waals surface area contributed by atoms with E-state index in [9.17, 15) is 4.39 Å². The second-order valence-corrected chi connectivity index (χ2v) is 2.30. The summed E-state index contributed by atoms with van der Waals surface area (Å²) in [6.45, 7) is 1.78. The highest BCUT2D eigenvalue weighted by molar-refractivity contribution is 5.29. The second-order valence-electron chi connectivity index (χ2n) is 2.30. The van der Waals surface area contributed by atoms with Crippen LogP contribution in [0.25, 0.3) is 0 Å². The van der Waals surface area contributed by atoms with E-state index < -0.39 is 5.95 Å². The molecule has 0 saturated heterocycles. The third kappa shape index (κ3) is 1.92. The molecule has 0 saturated carbocycles. The number of halogens is 1. The van der Waals surface area contributed by atoms with Crippen LogP contribution in [-0.4, -0.2) is 18.9 Å². The van der Waals surface area contributed by atoms with E-state index in [2.05, 4.69) is 9.72 Å². The number of hydrogen-bond acceptors (Lipinski definition) is 3. The van der Waals surface area contributed by atoms with Gasteiger partial charge in [0.25, 0.3) is 5.95 Å². The van der Waals surface area contributed by atoms with E-state index in [0.717, 1.165) is 0 Å². The monoisotopic (exact) mass is 171 g/mol. The quantitative estimate of drug-likeness (QED) is 0.510. The first-order valence-electron chi connectivity index (χ1n) is 3.48. The molecule has 1 heterocycles. The Morgan fingerprint density at radius 1 is 1.58 bits per heavy atom. The highest BCUT2D eigenvalue weighted by atomic mass is 19.1. The minimum Gasteiger partial charge on any atom is -0.462 e. The third-order valence-electron chi connectivity index (χ3n) is 1.38. The summed E-state index contributed by atoms with van der Waals surface area (Å²) in [5, 5.41) is 0. The van der Waals surface area contributed by atoms with Crippen molar-refractivity contribution in [3.63, 3.8) is 0 Å². The average molecular weight is 171 g/mol. The lowest BCUT2D eigenvalue weighted by Crippen LogP contribution is -2.03. The summed E-state index contributed by atoms with van der Waals surface area (Å²) in [7, 11) is 1.48. The molecule has 1 aromatic heterocycles. The number of pyridine rings is 1. The fourth-order valence-electron chi connectivity index (χ4n) is 0.803. The Bertz CT molecular complexity index is 245. The smallest absolute Gasteiger partial charge is 0.255 e. The molecule has 12 heavy (non-hydrogen) atoms. The molecule has 0 radical (unpaired) electrons. The lowest BCUT2D eigenvalue weighted by molar-refractivity contribution is 0.0471. The summed E-state index contributed by atoms with van der Waals surface area (Å²) in [5.41, 5.74) is 0.708. The molecule has 66 valence electrons. The van der Waals surface area contributed by atoms with Crippen LogP contribution in [-0.2, 0) is 4.74 Å². The molecule has 0 aliphatic carbocycles. The van der Waals surface area contributed by atoms with Crippen molar-refractivity contribution < 1.29 is 13.9 Å². The standard InChI is InChI=1S/C8H10FNO2/c1-6-3-4-10-8(9)7(6)12-5-11-2/h3-4H,5H2,1-2H3. The Morgan fingerprint density at radius 2 is 2.33 bits per heavy atom. The van der Waals surface area contributed by atoms with Gasteiger partial charge in [-0.3, -0.25) is 0 Å². The van der Waals surface area contributed by atoms with Crippen molar-refractivity contribution in [1.82, 2.24) is 4.98 Å². The number of rotatable bonds is 3. The third-order valence-corrected chi connectivity index (χ3v) is 1.38. The summed E-state index contributed by atoms with van der Waals surface area (Å²) in [6, 6.07) is 1.67. The molecule has 0 amide bonds. The number of aromatic nitrogens is 1. The first-order chi connectivity index (χ1) is 5.75. The first-order valence-corrected chi connectivity index (χ1v) is 3.48. The average Bonchev–Trinajstić information content (AvgIpc) is 2.04. The van der Waals surface area contributed by atoms with Crippen LogP contribution in [0, 0.1) is 12.9 Å². The van der Waals surface area contributed by atoms with Gasteiger partial charge in [-0.15, -0.1) is 0 Å². The molecule has 0 bridgehead atoms. The number of nitrogens with zero attached hydrogens (tertiary/aromatic N) is 1. The minimum absolute atomic E-state index is 0.0312. The summed E-state index contributed by atoms with van der Waals surface area (Å²) in [5.74, 6) is -0.452. The highest BCUT2D eigenvalue weighted by Crippen LogP contribution is 2.18. The van der Waals surface area contributed by atoms with Crippen LogP contribution in [0.15, 0.2) is 12.3 Å². The SMILES string of the molecule is COCOc1c(C)ccnc1F. The van der Waals surface area contributed by atoms with E-state index in [1.54, 1.807) is 13.0 Å². The molecular weight excluding hydrogens is 161 g/mol. The molecule has 0 aliphatic rings. The Labute approximate surface area is 70.1 Å². The van der Waals surface area contributed by atoms with Crippen molar-refractivity contribution in [2.45, 2.75) is 6.92 Å². The lowest BCUT2D eigenvalue weighted by Gasteiger charge is -2.06. The van der Waals surface area contributed by atoms with Crippen LogP contribution < -0.4 is 4.74 Å². The van der Waals surface area contributed by atoms with Crippen molar-refractivity contribution in [2.24, 2.45) is 0 Å². The molecule has 0 atom stereocenters. The molecule has 0 aromatic carbocycles.